The molecule has 1 N–H and O–H groups in total. The second kappa shape index (κ2) is 7.70. The second-order valence-corrected chi connectivity index (χ2v) is 6.94. The van der Waals surface area contributed by atoms with Crippen molar-refractivity contribution < 1.29 is 9.53 Å². The van der Waals surface area contributed by atoms with Gasteiger partial charge in [-0.1, -0.05) is 17.7 Å². The Labute approximate surface area is 145 Å². The standard InChI is InChI=1S/C17H19ClN2O2S/c18-13-3-7-15(8-4-13)22-10-9-19-17(21)20(14-5-6-14)12-16-2-1-11-23-16/h1-4,7-8,11,14H,5-6,9-10,12H2,(H,19,21). The number of nitrogens with one attached hydrogen (secondary N) is 1. The number of ether oxygens (including phenoxy) is 1. The summed E-state index contributed by atoms with van der Waals surface area (Å²) in [5, 5.41) is 5.66. The van der Waals surface area contributed by atoms with Crippen molar-refractivity contribution in [3.8, 4) is 5.75 Å². The van der Waals surface area contributed by atoms with Gasteiger partial charge >= 0.3 is 6.03 Å². The molecule has 1 heterocycles. The minimum absolute atomic E-state index is 0.0133. The van der Waals surface area contributed by atoms with E-state index in [4.69, 9.17) is 16.3 Å². The average Bonchev–Trinajstić information content (AvgIpc) is 3.27. The van der Waals surface area contributed by atoms with Crippen molar-refractivity contribution in [3.63, 3.8) is 0 Å². The molecule has 0 spiro atoms. The highest BCUT2D eigenvalue weighted by Gasteiger charge is 2.32. The molecule has 2 aromatic rings. The summed E-state index contributed by atoms with van der Waals surface area (Å²) in [6.45, 7) is 1.60. The summed E-state index contributed by atoms with van der Waals surface area (Å²) in [7, 11) is 0. The zero-order valence-corrected chi connectivity index (χ0v) is 14.3. The zero-order valence-electron chi connectivity index (χ0n) is 12.7. The maximum atomic E-state index is 12.4. The molecule has 6 heteroatoms. The van der Waals surface area contributed by atoms with E-state index in [0.29, 0.717) is 30.8 Å². The van der Waals surface area contributed by atoms with Gasteiger partial charge in [-0.25, -0.2) is 4.79 Å². The number of hydrogen-bond acceptors (Lipinski definition) is 3. The van der Waals surface area contributed by atoms with Crippen LogP contribution < -0.4 is 10.1 Å². The third kappa shape index (κ3) is 4.88. The number of amides is 2. The second-order valence-electron chi connectivity index (χ2n) is 5.47. The maximum Gasteiger partial charge on any atom is 0.318 e. The summed E-state index contributed by atoms with van der Waals surface area (Å²) < 4.78 is 5.58. The van der Waals surface area contributed by atoms with E-state index in [1.54, 1.807) is 23.5 Å². The van der Waals surface area contributed by atoms with Crippen LogP contribution in [0.3, 0.4) is 0 Å². The van der Waals surface area contributed by atoms with Gasteiger partial charge in [0.05, 0.1) is 13.1 Å². The molecule has 1 aliphatic rings. The Hall–Kier alpha value is -1.72. The molecular weight excluding hydrogens is 332 g/mol. The highest BCUT2D eigenvalue weighted by Crippen LogP contribution is 2.29. The summed E-state index contributed by atoms with van der Waals surface area (Å²) in [5.41, 5.74) is 0. The molecule has 1 aromatic heterocycles. The van der Waals surface area contributed by atoms with Gasteiger partial charge in [-0.2, -0.15) is 0 Å². The van der Waals surface area contributed by atoms with Crippen LogP contribution >= 0.6 is 22.9 Å². The monoisotopic (exact) mass is 350 g/mol. The van der Waals surface area contributed by atoms with Crippen molar-refractivity contribution >= 4 is 29.0 Å². The molecule has 0 saturated heterocycles. The highest BCUT2D eigenvalue weighted by molar-refractivity contribution is 7.09. The van der Waals surface area contributed by atoms with Crippen LogP contribution in [0.15, 0.2) is 41.8 Å². The lowest BCUT2D eigenvalue weighted by atomic mass is 10.3. The molecular formula is C17H19ClN2O2S. The molecule has 0 bridgehead atoms. The molecule has 1 aliphatic carbocycles. The SMILES string of the molecule is O=C(NCCOc1ccc(Cl)cc1)N(Cc1cccs1)C1CC1. The van der Waals surface area contributed by atoms with E-state index in [1.807, 2.05) is 28.5 Å². The van der Waals surface area contributed by atoms with Crippen LogP contribution in [0, 0.1) is 0 Å². The lowest BCUT2D eigenvalue weighted by Crippen LogP contribution is -2.42. The number of carbonyl (C=O) groups excluding carboxylic acids is 1. The Morgan fingerprint density at radius 2 is 2.09 bits per heavy atom. The third-order valence-corrected chi connectivity index (χ3v) is 4.73. The van der Waals surface area contributed by atoms with Crippen LogP contribution in [0.25, 0.3) is 0 Å². The van der Waals surface area contributed by atoms with E-state index in [1.165, 1.54) is 4.88 Å². The minimum Gasteiger partial charge on any atom is -0.492 e. The van der Waals surface area contributed by atoms with Crippen LogP contribution in [-0.4, -0.2) is 30.1 Å². The van der Waals surface area contributed by atoms with Crippen molar-refractivity contribution in [2.75, 3.05) is 13.2 Å². The molecule has 1 fully saturated rings. The van der Waals surface area contributed by atoms with Crippen LogP contribution in [0.1, 0.15) is 17.7 Å². The zero-order chi connectivity index (χ0) is 16.1. The summed E-state index contributed by atoms with van der Waals surface area (Å²) in [6, 6.07) is 11.7. The Balaban J connectivity index is 1.43. The van der Waals surface area contributed by atoms with Gasteiger partial charge in [0.1, 0.15) is 12.4 Å². The number of carbonyl (C=O) groups is 1. The van der Waals surface area contributed by atoms with Gasteiger partial charge < -0.3 is 15.0 Å². The number of halogens is 1. The maximum absolute atomic E-state index is 12.4. The van der Waals surface area contributed by atoms with Crippen molar-refractivity contribution in [2.24, 2.45) is 0 Å². The average molecular weight is 351 g/mol. The first-order valence-electron chi connectivity index (χ1n) is 7.67. The Morgan fingerprint density at radius 3 is 2.74 bits per heavy atom. The van der Waals surface area contributed by atoms with E-state index in [2.05, 4.69) is 11.4 Å². The van der Waals surface area contributed by atoms with Crippen molar-refractivity contribution in [2.45, 2.75) is 25.4 Å². The van der Waals surface area contributed by atoms with Gasteiger partial charge in [0.2, 0.25) is 0 Å². The van der Waals surface area contributed by atoms with Gasteiger partial charge in [0, 0.05) is 15.9 Å². The summed E-state index contributed by atoms with van der Waals surface area (Å²) in [5.74, 6) is 0.751. The van der Waals surface area contributed by atoms with E-state index < -0.39 is 0 Å². The topological polar surface area (TPSA) is 41.6 Å². The molecule has 0 radical (unpaired) electrons. The van der Waals surface area contributed by atoms with E-state index >= 15 is 0 Å². The van der Waals surface area contributed by atoms with Crippen molar-refractivity contribution in [3.05, 3.63) is 51.7 Å². The Kier molecular flexibility index (Phi) is 5.41. The van der Waals surface area contributed by atoms with Crippen LogP contribution in [-0.2, 0) is 6.54 Å². The number of urea groups is 1. The quantitative estimate of drug-likeness (QED) is 0.762. The first-order valence-corrected chi connectivity index (χ1v) is 8.93. The van der Waals surface area contributed by atoms with Gasteiger partial charge in [0.15, 0.2) is 0 Å². The third-order valence-electron chi connectivity index (χ3n) is 3.62. The number of thiophene rings is 1. The summed E-state index contributed by atoms with van der Waals surface area (Å²) in [6.07, 6.45) is 2.19. The van der Waals surface area contributed by atoms with Gasteiger partial charge in [-0.15, -0.1) is 11.3 Å². The predicted molar refractivity (Wildman–Crippen MR) is 93.2 cm³/mol. The molecule has 2 amide bonds. The lowest BCUT2D eigenvalue weighted by molar-refractivity contribution is 0.189. The number of rotatable bonds is 7. The largest absolute Gasteiger partial charge is 0.492 e. The highest BCUT2D eigenvalue weighted by atomic mass is 35.5. The fourth-order valence-corrected chi connectivity index (χ4v) is 3.11. The van der Waals surface area contributed by atoms with Crippen LogP contribution in [0.4, 0.5) is 4.79 Å². The number of hydrogen-bond donors (Lipinski definition) is 1. The smallest absolute Gasteiger partial charge is 0.318 e. The molecule has 0 aliphatic heterocycles. The first-order chi connectivity index (χ1) is 11.2. The molecule has 23 heavy (non-hydrogen) atoms. The molecule has 0 unspecified atom stereocenters. The molecule has 0 atom stereocenters. The van der Waals surface area contributed by atoms with Gasteiger partial charge in [-0.3, -0.25) is 0 Å². The van der Waals surface area contributed by atoms with Crippen molar-refractivity contribution in [1.29, 1.82) is 0 Å². The summed E-state index contributed by atoms with van der Waals surface area (Å²) >= 11 is 7.51. The van der Waals surface area contributed by atoms with E-state index in [0.717, 1.165) is 18.6 Å². The molecule has 1 saturated carbocycles. The van der Waals surface area contributed by atoms with E-state index in [9.17, 15) is 4.79 Å². The van der Waals surface area contributed by atoms with Crippen LogP contribution in [0.5, 0.6) is 5.75 Å². The summed E-state index contributed by atoms with van der Waals surface area (Å²) in [4.78, 5) is 15.5. The van der Waals surface area contributed by atoms with Gasteiger partial charge in [0.25, 0.3) is 0 Å². The molecule has 1 aromatic carbocycles. The lowest BCUT2D eigenvalue weighted by Gasteiger charge is -2.22. The van der Waals surface area contributed by atoms with Crippen LogP contribution in [0.2, 0.25) is 5.02 Å². The van der Waals surface area contributed by atoms with E-state index in [-0.39, 0.29) is 6.03 Å². The number of nitrogens with zero attached hydrogens (tertiary/aromatic N) is 1. The molecule has 4 nitrogen and oxygen atoms in total. The fraction of sp³-hybridized carbons (Fsp3) is 0.353. The Bertz CT molecular complexity index is 627. The molecule has 3 rings (SSSR count). The predicted octanol–water partition coefficient (Wildman–Crippen LogP) is 4.15. The normalized spacial score (nSPS) is 13.6. The van der Waals surface area contributed by atoms with Gasteiger partial charge in [-0.05, 0) is 48.6 Å². The van der Waals surface area contributed by atoms with Crippen molar-refractivity contribution in [1.82, 2.24) is 10.2 Å². The fourth-order valence-electron chi connectivity index (χ4n) is 2.28. The molecule has 122 valence electrons. The first kappa shape index (κ1) is 16.1. The minimum atomic E-state index is -0.0133. The Morgan fingerprint density at radius 1 is 1.30 bits per heavy atom. The number of benzene rings is 1.